The van der Waals surface area contributed by atoms with Crippen LogP contribution in [0, 0.1) is 0 Å². The minimum atomic E-state index is -0.182. The molecule has 2 aromatic rings. The van der Waals surface area contributed by atoms with Crippen molar-refractivity contribution >= 4 is 17.5 Å². The zero-order chi connectivity index (χ0) is 13.0. The molecule has 2 rings (SSSR count). The Morgan fingerprint density at radius 2 is 1.94 bits per heavy atom. The summed E-state index contributed by atoms with van der Waals surface area (Å²) in [6.07, 6.45) is 1.60. The van der Waals surface area contributed by atoms with Gasteiger partial charge in [-0.05, 0) is 36.8 Å². The minimum absolute atomic E-state index is 0.0863. The van der Waals surface area contributed by atoms with Crippen LogP contribution in [0.4, 0.5) is 0 Å². The Labute approximate surface area is 111 Å². The van der Waals surface area contributed by atoms with Crippen molar-refractivity contribution in [1.82, 2.24) is 10.3 Å². The maximum Gasteiger partial charge on any atom is 0.270 e. The Bertz CT molecular complexity index is 525. The van der Waals surface area contributed by atoms with Crippen LogP contribution in [-0.4, -0.2) is 10.9 Å². The average molecular weight is 261 g/mol. The van der Waals surface area contributed by atoms with Gasteiger partial charge in [-0.25, -0.2) is 0 Å². The van der Waals surface area contributed by atoms with Crippen molar-refractivity contribution in [3.8, 4) is 0 Å². The van der Waals surface area contributed by atoms with E-state index < -0.39 is 0 Å². The summed E-state index contributed by atoms with van der Waals surface area (Å²) in [5.74, 6) is -0.182. The van der Waals surface area contributed by atoms with Gasteiger partial charge in [0.2, 0.25) is 0 Å². The molecule has 0 spiro atoms. The largest absolute Gasteiger partial charge is 0.344 e. The average Bonchev–Trinajstić information content (AvgIpc) is 2.40. The quantitative estimate of drug-likeness (QED) is 0.921. The highest BCUT2D eigenvalue weighted by atomic mass is 35.5. The highest BCUT2D eigenvalue weighted by molar-refractivity contribution is 6.30. The fraction of sp³-hybridized carbons (Fsp3) is 0.143. The van der Waals surface area contributed by atoms with E-state index in [9.17, 15) is 4.79 Å². The molecule has 1 N–H and O–H groups in total. The number of pyridine rings is 1. The van der Waals surface area contributed by atoms with Crippen LogP contribution < -0.4 is 5.32 Å². The molecule has 92 valence electrons. The first-order chi connectivity index (χ1) is 8.66. The fourth-order valence-corrected chi connectivity index (χ4v) is 1.73. The van der Waals surface area contributed by atoms with E-state index in [-0.39, 0.29) is 11.9 Å². The normalized spacial score (nSPS) is 11.9. The van der Waals surface area contributed by atoms with Gasteiger partial charge in [0.15, 0.2) is 0 Å². The molecule has 0 saturated carbocycles. The number of amides is 1. The number of rotatable bonds is 3. The lowest BCUT2D eigenvalue weighted by Gasteiger charge is -2.14. The van der Waals surface area contributed by atoms with Crippen molar-refractivity contribution in [2.75, 3.05) is 0 Å². The van der Waals surface area contributed by atoms with Gasteiger partial charge in [0.05, 0.1) is 6.04 Å². The molecular weight excluding hydrogens is 248 g/mol. The van der Waals surface area contributed by atoms with Crippen LogP contribution in [0.15, 0.2) is 48.7 Å². The number of hydrogen-bond donors (Lipinski definition) is 1. The molecule has 1 heterocycles. The summed E-state index contributed by atoms with van der Waals surface area (Å²) in [6.45, 7) is 1.92. The Morgan fingerprint density at radius 1 is 1.22 bits per heavy atom. The zero-order valence-corrected chi connectivity index (χ0v) is 10.7. The van der Waals surface area contributed by atoms with Crippen molar-refractivity contribution in [3.63, 3.8) is 0 Å². The fourth-order valence-electron chi connectivity index (χ4n) is 1.60. The lowest BCUT2D eigenvalue weighted by Crippen LogP contribution is -2.27. The van der Waals surface area contributed by atoms with Gasteiger partial charge in [0.1, 0.15) is 5.69 Å². The third-order valence-corrected chi connectivity index (χ3v) is 2.87. The molecule has 0 fully saturated rings. The van der Waals surface area contributed by atoms with Crippen LogP contribution in [-0.2, 0) is 0 Å². The number of benzene rings is 1. The lowest BCUT2D eigenvalue weighted by molar-refractivity contribution is 0.0935. The number of nitrogens with zero attached hydrogens (tertiary/aromatic N) is 1. The van der Waals surface area contributed by atoms with E-state index in [0.717, 1.165) is 5.56 Å². The molecule has 0 aliphatic rings. The van der Waals surface area contributed by atoms with Crippen LogP contribution in [0.25, 0.3) is 0 Å². The van der Waals surface area contributed by atoms with Gasteiger partial charge >= 0.3 is 0 Å². The molecule has 0 bridgehead atoms. The molecule has 1 unspecified atom stereocenters. The van der Waals surface area contributed by atoms with Gasteiger partial charge < -0.3 is 5.32 Å². The topological polar surface area (TPSA) is 42.0 Å². The summed E-state index contributed by atoms with van der Waals surface area (Å²) in [5.41, 5.74) is 1.42. The Kier molecular flexibility index (Phi) is 3.95. The number of nitrogens with one attached hydrogen (secondary N) is 1. The smallest absolute Gasteiger partial charge is 0.270 e. The van der Waals surface area contributed by atoms with Crippen LogP contribution in [0.2, 0.25) is 5.02 Å². The van der Waals surface area contributed by atoms with Crippen molar-refractivity contribution in [2.45, 2.75) is 13.0 Å². The molecule has 0 radical (unpaired) electrons. The number of carbonyl (C=O) groups excluding carboxylic acids is 1. The van der Waals surface area contributed by atoms with E-state index >= 15 is 0 Å². The van der Waals surface area contributed by atoms with Crippen LogP contribution in [0.5, 0.6) is 0 Å². The third-order valence-electron chi connectivity index (χ3n) is 2.62. The van der Waals surface area contributed by atoms with Crippen molar-refractivity contribution in [3.05, 3.63) is 64.9 Å². The second kappa shape index (κ2) is 5.65. The lowest BCUT2D eigenvalue weighted by atomic mass is 10.1. The van der Waals surface area contributed by atoms with Gasteiger partial charge in [-0.15, -0.1) is 0 Å². The van der Waals surface area contributed by atoms with Crippen molar-refractivity contribution < 1.29 is 4.79 Å². The van der Waals surface area contributed by atoms with E-state index in [1.807, 2.05) is 19.1 Å². The second-order valence-electron chi connectivity index (χ2n) is 3.96. The summed E-state index contributed by atoms with van der Waals surface area (Å²) in [7, 11) is 0. The van der Waals surface area contributed by atoms with E-state index in [1.54, 1.807) is 36.5 Å². The summed E-state index contributed by atoms with van der Waals surface area (Å²) in [4.78, 5) is 15.9. The van der Waals surface area contributed by atoms with Gasteiger partial charge in [0.25, 0.3) is 5.91 Å². The molecular formula is C14H13ClN2O. The summed E-state index contributed by atoms with van der Waals surface area (Å²) in [5, 5.41) is 3.57. The highest BCUT2D eigenvalue weighted by Gasteiger charge is 2.11. The molecule has 1 atom stereocenters. The SMILES string of the molecule is CC(NC(=O)c1ccccn1)c1ccc(Cl)cc1. The molecule has 1 aromatic carbocycles. The molecule has 18 heavy (non-hydrogen) atoms. The van der Waals surface area contributed by atoms with E-state index in [1.165, 1.54) is 0 Å². The summed E-state index contributed by atoms with van der Waals surface area (Å²) in [6, 6.07) is 12.6. The van der Waals surface area contributed by atoms with Gasteiger partial charge in [-0.1, -0.05) is 29.8 Å². The molecule has 1 amide bonds. The summed E-state index contributed by atoms with van der Waals surface area (Å²) < 4.78 is 0. The minimum Gasteiger partial charge on any atom is -0.344 e. The van der Waals surface area contributed by atoms with Gasteiger partial charge in [-0.3, -0.25) is 9.78 Å². The second-order valence-corrected chi connectivity index (χ2v) is 4.40. The summed E-state index contributed by atoms with van der Waals surface area (Å²) >= 11 is 5.82. The van der Waals surface area contributed by atoms with E-state index in [0.29, 0.717) is 10.7 Å². The van der Waals surface area contributed by atoms with Crippen molar-refractivity contribution in [2.24, 2.45) is 0 Å². The van der Waals surface area contributed by atoms with Gasteiger partial charge in [-0.2, -0.15) is 0 Å². The molecule has 0 aliphatic carbocycles. The standard InChI is InChI=1S/C14H13ClN2O/c1-10(11-5-7-12(15)8-6-11)17-14(18)13-4-2-3-9-16-13/h2-10H,1H3,(H,17,18). The van der Waals surface area contributed by atoms with Crippen LogP contribution in [0.3, 0.4) is 0 Å². The van der Waals surface area contributed by atoms with Gasteiger partial charge in [0, 0.05) is 11.2 Å². The van der Waals surface area contributed by atoms with Crippen LogP contribution in [0.1, 0.15) is 29.0 Å². The monoisotopic (exact) mass is 260 g/mol. The predicted octanol–water partition coefficient (Wildman–Crippen LogP) is 3.23. The van der Waals surface area contributed by atoms with E-state index in [4.69, 9.17) is 11.6 Å². The predicted molar refractivity (Wildman–Crippen MR) is 71.6 cm³/mol. The maximum atomic E-state index is 11.9. The Balaban J connectivity index is 2.06. The first-order valence-electron chi connectivity index (χ1n) is 5.64. The molecule has 3 nitrogen and oxygen atoms in total. The zero-order valence-electron chi connectivity index (χ0n) is 9.93. The number of halogens is 1. The maximum absolute atomic E-state index is 11.9. The van der Waals surface area contributed by atoms with E-state index in [2.05, 4.69) is 10.3 Å². The Hall–Kier alpha value is -1.87. The third kappa shape index (κ3) is 3.08. The first-order valence-corrected chi connectivity index (χ1v) is 6.02. The number of carbonyl (C=O) groups is 1. The highest BCUT2D eigenvalue weighted by Crippen LogP contribution is 2.16. The molecule has 0 saturated heterocycles. The van der Waals surface area contributed by atoms with Crippen molar-refractivity contribution in [1.29, 1.82) is 0 Å². The molecule has 0 aliphatic heterocycles. The first kappa shape index (κ1) is 12.6. The Morgan fingerprint density at radius 3 is 2.56 bits per heavy atom. The molecule has 1 aromatic heterocycles. The van der Waals surface area contributed by atoms with Crippen LogP contribution >= 0.6 is 11.6 Å². The number of aromatic nitrogens is 1. The number of hydrogen-bond acceptors (Lipinski definition) is 2. The molecule has 4 heteroatoms.